The highest BCUT2D eigenvalue weighted by molar-refractivity contribution is 5.95. The lowest BCUT2D eigenvalue weighted by Gasteiger charge is -2.17. The lowest BCUT2D eigenvalue weighted by atomic mass is 10.1. The Morgan fingerprint density at radius 3 is 2.20 bits per heavy atom. The number of nitriles is 2. The summed E-state index contributed by atoms with van der Waals surface area (Å²) >= 11 is 0. The van der Waals surface area contributed by atoms with Crippen LogP contribution in [0, 0.1) is 28.5 Å². The van der Waals surface area contributed by atoms with Crippen molar-refractivity contribution >= 4 is 5.91 Å². The number of carbonyl (C=O) groups is 1. The van der Waals surface area contributed by atoms with Crippen molar-refractivity contribution in [3.8, 4) is 12.1 Å². The molecular formula is C12H7F4N3O. The van der Waals surface area contributed by atoms with Gasteiger partial charge in [0.05, 0.1) is 23.3 Å². The fourth-order valence-electron chi connectivity index (χ4n) is 1.46. The number of carbonyl (C=O) groups excluding carboxylic acids is 1. The van der Waals surface area contributed by atoms with Gasteiger partial charge in [0.25, 0.3) is 5.91 Å². The lowest BCUT2D eigenvalue weighted by molar-refractivity contribution is -0.140. The third kappa shape index (κ3) is 3.23. The molecule has 0 spiro atoms. The lowest BCUT2D eigenvalue weighted by Crippen LogP contribution is -2.32. The van der Waals surface area contributed by atoms with E-state index in [1.807, 2.05) is 0 Å². The van der Waals surface area contributed by atoms with Crippen molar-refractivity contribution in [2.45, 2.75) is 6.18 Å². The van der Waals surface area contributed by atoms with Crippen LogP contribution in [0.2, 0.25) is 0 Å². The van der Waals surface area contributed by atoms with Gasteiger partial charge in [-0.15, -0.1) is 0 Å². The molecule has 0 saturated heterocycles. The van der Waals surface area contributed by atoms with Crippen LogP contribution in [0.3, 0.4) is 0 Å². The van der Waals surface area contributed by atoms with Gasteiger partial charge in [0.15, 0.2) is 0 Å². The Bertz CT molecular complexity index is 582. The molecule has 0 aromatic heterocycles. The first kappa shape index (κ1) is 15.4. The zero-order chi connectivity index (χ0) is 15.3. The summed E-state index contributed by atoms with van der Waals surface area (Å²) in [6, 6.07) is 5.41. The minimum Gasteiger partial charge on any atom is -0.312 e. The standard InChI is InChI=1S/C12H7F4N3O/c13-10-8(2-1-3-9(10)12(14,15)16)11(20)19(6-4-17)7-5-18/h1-3H,6-7H2. The molecule has 0 heterocycles. The minimum absolute atomic E-state index is 0.505. The van der Waals surface area contributed by atoms with Gasteiger partial charge in [0, 0.05) is 0 Å². The van der Waals surface area contributed by atoms with Crippen molar-refractivity contribution in [3.63, 3.8) is 0 Å². The molecule has 0 fully saturated rings. The largest absolute Gasteiger partial charge is 0.419 e. The van der Waals surface area contributed by atoms with Crippen LogP contribution in [-0.2, 0) is 6.18 Å². The zero-order valence-corrected chi connectivity index (χ0v) is 9.91. The number of hydrogen-bond donors (Lipinski definition) is 0. The topological polar surface area (TPSA) is 67.9 Å². The first-order valence-corrected chi connectivity index (χ1v) is 5.21. The molecule has 1 amide bonds. The zero-order valence-electron chi connectivity index (χ0n) is 9.91. The van der Waals surface area contributed by atoms with Gasteiger partial charge in [-0.25, -0.2) is 4.39 Å². The Morgan fingerprint density at radius 2 is 1.75 bits per heavy atom. The number of nitrogens with zero attached hydrogens (tertiary/aromatic N) is 3. The third-order valence-electron chi connectivity index (χ3n) is 2.34. The molecule has 0 aliphatic carbocycles. The van der Waals surface area contributed by atoms with E-state index in [-0.39, 0.29) is 0 Å². The highest BCUT2D eigenvalue weighted by atomic mass is 19.4. The summed E-state index contributed by atoms with van der Waals surface area (Å²) in [6.07, 6.45) is -4.93. The molecule has 8 heteroatoms. The van der Waals surface area contributed by atoms with Gasteiger partial charge < -0.3 is 4.90 Å². The molecule has 0 saturated carbocycles. The van der Waals surface area contributed by atoms with Crippen molar-refractivity contribution in [1.29, 1.82) is 10.5 Å². The number of amides is 1. The molecule has 1 aromatic rings. The predicted octanol–water partition coefficient (Wildman–Crippen LogP) is 2.33. The van der Waals surface area contributed by atoms with Crippen molar-refractivity contribution in [2.75, 3.05) is 13.1 Å². The Morgan fingerprint density at radius 1 is 1.20 bits per heavy atom. The van der Waals surface area contributed by atoms with Crippen LogP contribution >= 0.6 is 0 Å². The van der Waals surface area contributed by atoms with Crippen LogP contribution in [0.1, 0.15) is 15.9 Å². The quantitative estimate of drug-likeness (QED) is 0.632. The molecule has 104 valence electrons. The summed E-state index contributed by atoms with van der Waals surface area (Å²) in [5.41, 5.74) is -2.40. The smallest absolute Gasteiger partial charge is 0.312 e. The van der Waals surface area contributed by atoms with Gasteiger partial charge in [0.2, 0.25) is 0 Å². The number of benzene rings is 1. The SMILES string of the molecule is N#CCN(CC#N)C(=O)c1cccc(C(F)(F)F)c1F. The predicted molar refractivity (Wildman–Crippen MR) is 58.5 cm³/mol. The molecule has 20 heavy (non-hydrogen) atoms. The van der Waals surface area contributed by atoms with Crippen molar-refractivity contribution in [2.24, 2.45) is 0 Å². The van der Waals surface area contributed by atoms with Crippen LogP contribution in [-0.4, -0.2) is 23.9 Å². The van der Waals surface area contributed by atoms with Gasteiger partial charge in [-0.2, -0.15) is 23.7 Å². The van der Waals surface area contributed by atoms with Gasteiger partial charge in [-0.1, -0.05) is 6.07 Å². The minimum atomic E-state index is -4.93. The number of hydrogen-bond acceptors (Lipinski definition) is 3. The molecule has 0 N–H and O–H groups in total. The van der Waals surface area contributed by atoms with Crippen molar-refractivity contribution in [1.82, 2.24) is 4.90 Å². The van der Waals surface area contributed by atoms with Gasteiger partial charge in [-0.3, -0.25) is 4.79 Å². The van der Waals surface area contributed by atoms with Crippen LogP contribution in [0.4, 0.5) is 17.6 Å². The number of halogens is 4. The summed E-state index contributed by atoms with van der Waals surface area (Å²) in [4.78, 5) is 12.5. The number of rotatable bonds is 3. The molecule has 0 unspecified atom stereocenters. The van der Waals surface area contributed by atoms with E-state index in [0.29, 0.717) is 11.0 Å². The summed E-state index contributed by atoms with van der Waals surface area (Å²) in [6.45, 7) is -1.05. The molecule has 0 aliphatic heterocycles. The molecular weight excluding hydrogens is 278 g/mol. The molecule has 0 bridgehead atoms. The Kier molecular flexibility index (Phi) is 4.65. The van der Waals surface area contributed by atoms with Crippen LogP contribution in [0.5, 0.6) is 0 Å². The maximum atomic E-state index is 13.7. The summed E-state index contributed by atoms with van der Waals surface area (Å²) in [5, 5.41) is 17.0. The van der Waals surface area contributed by atoms with E-state index in [2.05, 4.69) is 0 Å². The fraction of sp³-hybridized carbons (Fsp3) is 0.250. The molecule has 1 rings (SSSR count). The average Bonchev–Trinajstić information content (AvgIpc) is 2.36. The van der Waals surface area contributed by atoms with E-state index in [4.69, 9.17) is 10.5 Å². The average molecular weight is 285 g/mol. The molecule has 0 radical (unpaired) electrons. The van der Waals surface area contributed by atoms with Crippen molar-refractivity contribution < 1.29 is 22.4 Å². The van der Waals surface area contributed by atoms with Gasteiger partial charge in [-0.05, 0) is 12.1 Å². The fourth-order valence-corrected chi connectivity index (χ4v) is 1.46. The Hall–Kier alpha value is -2.61. The van der Waals surface area contributed by atoms with E-state index in [9.17, 15) is 22.4 Å². The normalized spacial score (nSPS) is 10.5. The first-order valence-electron chi connectivity index (χ1n) is 5.21. The molecule has 0 aliphatic rings. The van der Waals surface area contributed by atoms with Crippen LogP contribution in [0.25, 0.3) is 0 Å². The van der Waals surface area contributed by atoms with E-state index < -0.39 is 42.1 Å². The van der Waals surface area contributed by atoms with E-state index >= 15 is 0 Å². The summed E-state index contributed by atoms with van der Waals surface area (Å²) < 4.78 is 51.3. The maximum Gasteiger partial charge on any atom is 0.419 e. The van der Waals surface area contributed by atoms with Crippen LogP contribution in [0.15, 0.2) is 18.2 Å². The maximum absolute atomic E-state index is 13.7. The highest BCUT2D eigenvalue weighted by Gasteiger charge is 2.36. The second-order valence-electron chi connectivity index (χ2n) is 3.64. The second-order valence-corrected chi connectivity index (χ2v) is 3.64. The van der Waals surface area contributed by atoms with Crippen molar-refractivity contribution in [3.05, 3.63) is 35.1 Å². The van der Waals surface area contributed by atoms with E-state index in [1.165, 1.54) is 0 Å². The van der Waals surface area contributed by atoms with Gasteiger partial charge >= 0.3 is 6.18 Å². The second kappa shape index (κ2) is 6.02. The van der Waals surface area contributed by atoms with Crippen LogP contribution < -0.4 is 0 Å². The Balaban J connectivity index is 3.24. The molecule has 0 atom stereocenters. The Labute approximate surface area is 111 Å². The molecule has 1 aromatic carbocycles. The van der Waals surface area contributed by atoms with E-state index in [1.54, 1.807) is 12.1 Å². The molecule has 4 nitrogen and oxygen atoms in total. The third-order valence-corrected chi connectivity index (χ3v) is 2.34. The highest BCUT2D eigenvalue weighted by Crippen LogP contribution is 2.32. The van der Waals surface area contributed by atoms with E-state index in [0.717, 1.165) is 12.1 Å². The summed E-state index contributed by atoms with van der Waals surface area (Å²) in [5.74, 6) is -2.86. The first-order chi connectivity index (χ1) is 9.32. The summed E-state index contributed by atoms with van der Waals surface area (Å²) in [7, 11) is 0. The van der Waals surface area contributed by atoms with Gasteiger partial charge in [0.1, 0.15) is 18.9 Å². The monoisotopic (exact) mass is 285 g/mol. The number of alkyl halides is 3.